The number of imidazole rings is 1. The lowest BCUT2D eigenvalue weighted by Crippen LogP contribution is -2.36. The Bertz CT molecular complexity index is 1950. The maximum absolute atomic E-state index is 15.0. The van der Waals surface area contributed by atoms with Crippen molar-refractivity contribution in [2.45, 2.75) is 38.3 Å². The van der Waals surface area contributed by atoms with E-state index in [9.17, 15) is 23.1 Å². The average Bonchev–Trinajstić information content (AvgIpc) is 3.34. The quantitative estimate of drug-likeness (QED) is 0.230. The molecule has 0 bridgehead atoms. The summed E-state index contributed by atoms with van der Waals surface area (Å²) < 4.78 is 53.0. The Balaban J connectivity index is 1.10. The van der Waals surface area contributed by atoms with Gasteiger partial charge in [-0.1, -0.05) is 17.7 Å². The van der Waals surface area contributed by atoms with Crippen LogP contribution in [-0.2, 0) is 20.2 Å². The number of hydrogen-bond acceptors (Lipinski definition) is 7. The normalized spacial score (nSPS) is 17.3. The number of halogens is 4. The first kappa shape index (κ1) is 29.1. The van der Waals surface area contributed by atoms with E-state index in [1.807, 2.05) is 16.2 Å². The number of hydrogen-bond donors (Lipinski definition) is 1. The number of carbonyl (C=O) groups is 1. The molecule has 14 heteroatoms. The van der Waals surface area contributed by atoms with Gasteiger partial charge < -0.3 is 23.9 Å². The highest BCUT2D eigenvalue weighted by Crippen LogP contribution is 2.65. The molecule has 3 aromatic heterocycles. The molecule has 10 nitrogen and oxygen atoms in total. The minimum absolute atomic E-state index is 0.0225. The highest BCUT2D eigenvalue weighted by atomic mass is 35.5. The van der Waals surface area contributed by atoms with Crippen LogP contribution in [0, 0.1) is 22.9 Å². The lowest BCUT2D eigenvalue weighted by Gasteiger charge is -2.34. The highest BCUT2D eigenvalue weighted by Gasteiger charge is 2.57. The number of piperidine rings is 1. The Morgan fingerprint density at radius 2 is 1.87 bits per heavy atom. The molecule has 1 unspecified atom stereocenters. The minimum Gasteiger partial charge on any atom is -0.478 e. The van der Waals surface area contributed by atoms with E-state index >= 15 is 0 Å². The van der Waals surface area contributed by atoms with E-state index in [0.29, 0.717) is 36.5 Å². The first-order valence-corrected chi connectivity index (χ1v) is 14.7. The molecule has 1 N–H and O–H groups in total. The molecule has 1 saturated carbocycles. The van der Waals surface area contributed by atoms with Gasteiger partial charge in [0, 0.05) is 42.7 Å². The number of aryl methyl sites for hydroxylation is 1. The predicted octanol–water partition coefficient (Wildman–Crippen LogP) is 5.73. The van der Waals surface area contributed by atoms with Crippen molar-refractivity contribution in [3.63, 3.8) is 0 Å². The lowest BCUT2D eigenvalue weighted by molar-refractivity contribution is 0.0697. The SMILES string of the molecule is Cn1cnnc1Cn1c(C2CC23CCN(c2nc(OCc4ccc(Cl)cc4F)c(F)cc2F)CC3)nc2ccc(C(=O)O)cc21. The molecule has 232 valence electrons. The molecule has 45 heavy (non-hydrogen) atoms. The van der Waals surface area contributed by atoms with Gasteiger partial charge in [0.2, 0.25) is 0 Å². The molecule has 2 aromatic carbocycles. The van der Waals surface area contributed by atoms with Crippen LogP contribution in [0.3, 0.4) is 0 Å². The molecule has 1 aliphatic carbocycles. The van der Waals surface area contributed by atoms with Crippen molar-refractivity contribution in [1.82, 2.24) is 29.3 Å². The number of aromatic carboxylic acids is 1. The Hall–Kier alpha value is -4.65. The van der Waals surface area contributed by atoms with Gasteiger partial charge in [-0.15, -0.1) is 10.2 Å². The maximum atomic E-state index is 15.0. The van der Waals surface area contributed by atoms with Crippen molar-refractivity contribution >= 4 is 34.4 Å². The molecule has 2 aliphatic rings. The second-order valence-corrected chi connectivity index (χ2v) is 12.1. The van der Waals surface area contributed by atoms with Crippen LogP contribution in [0.25, 0.3) is 11.0 Å². The summed E-state index contributed by atoms with van der Waals surface area (Å²) in [5.74, 6) is -2.18. The largest absolute Gasteiger partial charge is 0.478 e. The molecule has 0 radical (unpaired) electrons. The third-order valence-electron chi connectivity index (χ3n) is 8.95. The summed E-state index contributed by atoms with van der Waals surface area (Å²) in [4.78, 5) is 22.6. The average molecular weight is 638 g/mol. The third-order valence-corrected chi connectivity index (χ3v) is 9.18. The Labute approximate surface area is 260 Å². The van der Waals surface area contributed by atoms with Crippen molar-refractivity contribution in [1.29, 1.82) is 0 Å². The standard InChI is InChI=1S/C31H27ClF3N7O3/c1-40-16-36-39-26(40)14-42-25-10-17(30(43)44)3-5-24(25)37-27(42)20-13-31(20)6-8-41(9-7-31)28-22(34)12-23(35)29(38-28)45-15-18-2-4-19(32)11-21(18)33/h2-5,10-12,16,20H,6-9,13-15H2,1H3,(H,43,44). The summed E-state index contributed by atoms with van der Waals surface area (Å²) in [6, 6.07) is 9.69. The van der Waals surface area contributed by atoms with E-state index in [1.165, 1.54) is 12.1 Å². The number of carboxylic acids is 1. The second kappa shape index (κ2) is 11.1. The number of rotatable bonds is 8. The van der Waals surface area contributed by atoms with Gasteiger partial charge >= 0.3 is 5.97 Å². The van der Waals surface area contributed by atoms with Crippen LogP contribution in [0.5, 0.6) is 5.88 Å². The molecule has 5 aromatic rings. The fourth-order valence-corrected chi connectivity index (χ4v) is 6.43. The third kappa shape index (κ3) is 5.34. The van der Waals surface area contributed by atoms with E-state index in [4.69, 9.17) is 21.3 Å². The number of benzene rings is 2. The second-order valence-electron chi connectivity index (χ2n) is 11.6. The van der Waals surface area contributed by atoms with E-state index in [2.05, 4.69) is 15.2 Å². The zero-order chi connectivity index (χ0) is 31.5. The summed E-state index contributed by atoms with van der Waals surface area (Å²) >= 11 is 5.80. The van der Waals surface area contributed by atoms with E-state index in [0.717, 1.165) is 37.2 Å². The first-order valence-electron chi connectivity index (χ1n) is 14.4. The van der Waals surface area contributed by atoms with Crippen LogP contribution in [-0.4, -0.2) is 53.5 Å². The molecule has 2 fully saturated rings. The van der Waals surface area contributed by atoms with Gasteiger partial charge in [0.05, 0.1) is 23.1 Å². The molecule has 1 spiro atoms. The fraction of sp³-hybridized carbons (Fsp3) is 0.323. The Morgan fingerprint density at radius 3 is 2.58 bits per heavy atom. The first-order chi connectivity index (χ1) is 21.6. The number of pyridine rings is 1. The molecule has 1 atom stereocenters. The van der Waals surface area contributed by atoms with Gasteiger partial charge in [0.1, 0.15) is 24.6 Å². The molecule has 0 amide bonds. The number of aromatic nitrogens is 6. The Morgan fingerprint density at radius 1 is 1.07 bits per heavy atom. The molecular weight excluding hydrogens is 611 g/mol. The number of ether oxygens (including phenoxy) is 1. The van der Waals surface area contributed by atoms with Crippen LogP contribution in [0.4, 0.5) is 19.0 Å². The van der Waals surface area contributed by atoms with E-state index in [-0.39, 0.29) is 39.9 Å². The smallest absolute Gasteiger partial charge is 0.335 e. The van der Waals surface area contributed by atoms with Crippen molar-refractivity contribution in [3.8, 4) is 5.88 Å². The predicted molar refractivity (Wildman–Crippen MR) is 158 cm³/mol. The zero-order valence-electron chi connectivity index (χ0n) is 24.1. The van der Waals surface area contributed by atoms with Crippen LogP contribution >= 0.6 is 11.6 Å². The molecule has 1 aliphatic heterocycles. The summed E-state index contributed by atoms with van der Waals surface area (Å²) in [6.45, 7) is 1.03. The maximum Gasteiger partial charge on any atom is 0.335 e. The van der Waals surface area contributed by atoms with Crippen molar-refractivity contribution < 1.29 is 27.8 Å². The number of carboxylic acid groups (broad SMARTS) is 1. The van der Waals surface area contributed by atoms with E-state index < -0.39 is 29.3 Å². The van der Waals surface area contributed by atoms with Gasteiger partial charge in [-0.3, -0.25) is 0 Å². The van der Waals surface area contributed by atoms with Crippen molar-refractivity contribution in [3.05, 3.63) is 94.0 Å². The lowest BCUT2D eigenvalue weighted by atomic mass is 9.90. The van der Waals surface area contributed by atoms with Gasteiger partial charge in [-0.25, -0.2) is 22.9 Å². The monoisotopic (exact) mass is 637 g/mol. The summed E-state index contributed by atoms with van der Waals surface area (Å²) in [5, 5.41) is 18.0. The summed E-state index contributed by atoms with van der Waals surface area (Å²) in [5.41, 5.74) is 1.65. The molecule has 4 heterocycles. The fourth-order valence-electron chi connectivity index (χ4n) is 6.28. The summed E-state index contributed by atoms with van der Waals surface area (Å²) in [6.07, 6.45) is 3.92. The molecule has 7 rings (SSSR count). The van der Waals surface area contributed by atoms with Crippen LogP contribution in [0.15, 0.2) is 48.8 Å². The summed E-state index contributed by atoms with van der Waals surface area (Å²) in [7, 11) is 1.85. The highest BCUT2D eigenvalue weighted by molar-refractivity contribution is 6.30. The van der Waals surface area contributed by atoms with Gasteiger partial charge in [-0.05, 0) is 55.0 Å². The zero-order valence-corrected chi connectivity index (χ0v) is 24.8. The number of anilines is 1. The van der Waals surface area contributed by atoms with Crippen LogP contribution in [0.2, 0.25) is 5.02 Å². The topological polar surface area (TPSA) is 111 Å². The van der Waals surface area contributed by atoms with Crippen molar-refractivity contribution in [2.24, 2.45) is 12.5 Å². The number of nitrogens with zero attached hydrogens (tertiary/aromatic N) is 7. The van der Waals surface area contributed by atoms with Crippen molar-refractivity contribution in [2.75, 3.05) is 18.0 Å². The van der Waals surface area contributed by atoms with Gasteiger partial charge in [0.15, 0.2) is 23.3 Å². The molecular formula is C31H27ClF3N7O3. The van der Waals surface area contributed by atoms with E-state index in [1.54, 1.807) is 29.4 Å². The van der Waals surface area contributed by atoms with Gasteiger partial charge in [0.25, 0.3) is 5.88 Å². The minimum atomic E-state index is -1.02. The van der Waals surface area contributed by atoms with Crippen LogP contribution < -0.4 is 9.64 Å². The Kier molecular flexibility index (Phi) is 7.15. The molecule has 1 saturated heterocycles. The van der Waals surface area contributed by atoms with Crippen LogP contribution in [0.1, 0.15) is 52.8 Å². The number of fused-ring (bicyclic) bond motifs is 1. The van der Waals surface area contributed by atoms with Gasteiger partial charge in [-0.2, -0.15) is 4.98 Å².